The van der Waals surface area contributed by atoms with Gasteiger partial charge in [0.2, 0.25) is 5.91 Å². The molecule has 0 aliphatic heterocycles. The highest BCUT2D eigenvalue weighted by atomic mass is 32.2. The van der Waals surface area contributed by atoms with Gasteiger partial charge in [-0.25, -0.2) is 9.78 Å². The van der Waals surface area contributed by atoms with Crippen LogP contribution in [0.15, 0.2) is 35.2 Å². The molecule has 1 N–H and O–H groups in total. The quantitative estimate of drug-likeness (QED) is 0.433. The largest absolute Gasteiger partial charge is 0.462 e. The first-order valence-electron chi connectivity index (χ1n) is 7.72. The molecule has 128 valence electrons. The fourth-order valence-electron chi connectivity index (χ4n) is 1.96. The van der Waals surface area contributed by atoms with Gasteiger partial charge >= 0.3 is 5.97 Å². The van der Waals surface area contributed by atoms with E-state index >= 15 is 0 Å². The number of amides is 1. The van der Waals surface area contributed by atoms with Crippen LogP contribution >= 0.6 is 23.1 Å². The van der Waals surface area contributed by atoms with Crippen LogP contribution in [0.4, 0.5) is 5.13 Å². The van der Waals surface area contributed by atoms with E-state index in [1.54, 1.807) is 25.6 Å². The molecule has 0 fully saturated rings. The molecule has 0 spiro atoms. The zero-order valence-electron chi connectivity index (χ0n) is 13.7. The molecule has 0 atom stereocenters. The Bertz CT molecular complexity index is 686. The summed E-state index contributed by atoms with van der Waals surface area (Å²) in [5.74, 6) is 0.391. The van der Waals surface area contributed by atoms with Crippen LogP contribution in [-0.4, -0.2) is 29.2 Å². The van der Waals surface area contributed by atoms with Crippen LogP contribution in [0, 0.1) is 6.92 Å². The fourth-order valence-corrected chi connectivity index (χ4v) is 3.71. The van der Waals surface area contributed by atoms with Crippen LogP contribution < -0.4 is 5.32 Å². The van der Waals surface area contributed by atoms with Crippen molar-refractivity contribution in [3.8, 4) is 0 Å². The highest BCUT2D eigenvalue weighted by Crippen LogP contribution is 2.24. The number of esters is 1. The lowest BCUT2D eigenvalue weighted by Gasteiger charge is -2.02. The average Bonchev–Trinajstić information content (AvgIpc) is 2.93. The predicted molar refractivity (Wildman–Crippen MR) is 97.8 cm³/mol. The molecule has 5 nitrogen and oxygen atoms in total. The Morgan fingerprint density at radius 1 is 1.29 bits per heavy atom. The maximum atomic E-state index is 12.0. The second-order valence-electron chi connectivity index (χ2n) is 4.97. The number of hydrogen-bond donors (Lipinski definition) is 1. The molecule has 7 heteroatoms. The molecule has 0 radical (unpaired) electrons. The lowest BCUT2D eigenvalue weighted by atomic mass is 10.3. The van der Waals surface area contributed by atoms with Crippen molar-refractivity contribution in [1.29, 1.82) is 0 Å². The van der Waals surface area contributed by atoms with Crippen LogP contribution in [0.1, 0.15) is 35.1 Å². The molecule has 0 saturated carbocycles. The Morgan fingerprint density at radius 2 is 2.04 bits per heavy atom. The van der Waals surface area contributed by atoms with E-state index < -0.39 is 5.97 Å². The number of carbonyl (C=O) groups excluding carboxylic acids is 2. The van der Waals surface area contributed by atoms with E-state index in [1.807, 2.05) is 18.2 Å². The molecule has 0 aliphatic carbocycles. The van der Waals surface area contributed by atoms with Gasteiger partial charge in [-0.2, -0.15) is 0 Å². The average molecular weight is 364 g/mol. The van der Waals surface area contributed by atoms with Crippen molar-refractivity contribution < 1.29 is 14.3 Å². The summed E-state index contributed by atoms with van der Waals surface area (Å²) in [6.45, 7) is 3.80. The smallest absolute Gasteiger partial charge is 0.350 e. The van der Waals surface area contributed by atoms with Gasteiger partial charge in [-0.15, -0.1) is 11.8 Å². The number of anilines is 1. The molecule has 0 aliphatic rings. The number of benzene rings is 1. The number of nitrogens with zero attached hydrogens (tertiary/aromatic N) is 1. The topological polar surface area (TPSA) is 68.3 Å². The van der Waals surface area contributed by atoms with Crippen LogP contribution in [0.2, 0.25) is 0 Å². The minimum absolute atomic E-state index is 0.0900. The molecule has 0 bridgehead atoms. The van der Waals surface area contributed by atoms with Gasteiger partial charge in [0.15, 0.2) is 5.13 Å². The summed E-state index contributed by atoms with van der Waals surface area (Å²) < 4.78 is 4.96. The van der Waals surface area contributed by atoms with Crippen LogP contribution in [0.5, 0.6) is 0 Å². The van der Waals surface area contributed by atoms with Crippen molar-refractivity contribution in [1.82, 2.24) is 4.98 Å². The Hall–Kier alpha value is -1.86. The Morgan fingerprint density at radius 3 is 2.75 bits per heavy atom. The lowest BCUT2D eigenvalue weighted by molar-refractivity contribution is -0.116. The summed E-state index contributed by atoms with van der Waals surface area (Å²) in [5.41, 5.74) is 0.577. The van der Waals surface area contributed by atoms with Gasteiger partial charge in [0.05, 0.1) is 12.3 Å². The Balaban J connectivity index is 1.76. The normalized spacial score (nSPS) is 10.4. The van der Waals surface area contributed by atoms with E-state index in [-0.39, 0.29) is 5.91 Å². The summed E-state index contributed by atoms with van der Waals surface area (Å²) in [6, 6.07) is 10.1. The third-order valence-electron chi connectivity index (χ3n) is 3.06. The Labute approximate surface area is 149 Å². The minimum Gasteiger partial charge on any atom is -0.462 e. The number of aryl methyl sites for hydroxylation is 1. The molecule has 1 aromatic heterocycles. The van der Waals surface area contributed by atoms with Gasteiger partial charge in [-0.1, -0.05) is 29.5 Å². The van der Waals surface area contributed by atoms with Crippen molar-refractivity contribution in [2.75, 3.05) is 17.7 Å². The van der Waals surface area contributed by atoms with Gasteiger partial charge in [0.1, 0.15) is 4.88 Å². The predicted octanol–water partition coefficient (Wildman–Crippen LogP) is 4.14. The summed E-state index contributed by atoms with van der Waals surface area (Å²) in [6.07, 6.45) is 1.20. The molecule has 2 aromatic rings. The third-order valence-corrected chi connectivity index (χ3v) is 5.22. The van der Waals surface area contributed by atoms with Crippen LogP contribution in [-0.2, 0) is 9.53 Å². The van der Waals surface area contributed by atoms with Gasteiger partial charge < -0.3 is 10.1 Å². The molecular formula is C17H20N2O3S2. The molecule has 2 rings (SSSR count). The maximum Gasteiger partial charge on any atom is 0.350 e. The van der Waals surface area contributed by atoms with Gasteiger partial charge in [0, 0.05) is 11.3 Å². The first-order valence-corrected chi connectivity index (χ1v) is 9.52. The Kier molecular flexibility index (Phi) is 7.27. The summed E-state index contributed by atoms with van der Waals surface area (Å²) in [5, 5.41) is 3.19. The summed E-state index contributed by atoms with van der Waals surface area (Å²) >= 11 is 2.88. The van der Waals surface area contributed by atoms with Crippen molar-refractivity contribution in [3.63, 3.8) is 0 Å². The number of hydrogen-bond acceptors (Lipinski definition) is 6. The van der Waals surface area contributed by atoms with Gasteiger partial charge in [-0.3, -0.25) is 4.79 Å². The highest BCUT2D eigenvalue weighted by Gasteiger charge is 2.17. The number of thiazole rings is 1. The molecule has 1 heterocycles. The fraction of sp³-hybridized carbons (Fsp3) is 0.353. The molecule has 1 amide bonds. The summed E-state index contributed by atoms with van der Waals surface area (Å²) in [4.78, 5) is 29.6. The second-order valence-corrected chi connectivity index (χ2v) is 7.13. The van der Waals surface area contributed by atoms with E-state index in [0.717, 1.165) is 23.5 Å². The molecular weight excluding hydrogens is 344 g/mol. The SMILES string of the molecule is CCOC(=O)c1sc(NC(=O)CCCSc2ccccc2)nc1C. The van der Waals surface area contributed by atoms with Crippen molar-refractivity contribution in [2.24, 2.45) is 0 Å². The third kappa shape index (κ3) is 5.65. The zero-order chi connectivity index (χ0) is 17.4. The van der Waals surface area contributed by atoms with E-state index in [1.165, 1.54) is 4.90 Å². The maximum absolute atomic E-state index is 12.0. The van der Waals surface area contributed by atoms with E-state index in [0.29, 0.717) is 28.7 Å². The number of ether oxygens (including phenoxy) is 1. The zero-order valence-corrected chi connectivity index (χ0v) is 15.3. The second kappa shape index (κ2) is 9.44. The molecule has 1 aromatic carbocycles. The number of aromatic nitrogens is 1. The van der Waals surface area contributed by atoms with Crippen LogP contribution in [0.3, 0.4) is 0 Å². The van der Waals surface area contributed by atoms with Crippen LogP contribution in [0.25, 0.3) is 0 Å². The number of thioether (sulfide) groups is 1. The van der Waals surface area contributed by atoms with E-state index in [9.17, 15) is 9.59 Å². The minimum atomic E-state index is -0.396. The molecule has 0 saturated heterocycles. The molecule has 24 heavy (non-hydrogen) atoms. The summed E-state index contributed by atoms with van der Waals surface area (Å²) in [7, 11) is 0. The number of nitrogens with one attached hydrogen (secondary N) is 1. The van der Waals surface area contributed by atoms with Gasteiger partial charge in [-0.05, 0) is 38.2 Å². The van der Waals surface area contributed by atoms with E-state index in [2.05, 4.69) is 22.4 Å². The monoisotopic (exact) mass is 364 g/mol. The molecule has 0 unspecified atom stereocenters. The number of rotatable bonds is 8. The van der Waals surface area contributed by atoms with Gasteiger partial charge in [0.25, 0.3) is 0 Å². The van der Waals surface area contributed by atoms with Crippen molar-refractivity contribution in [2.45, 2.75) is 31.6 Å². The number of carbonyl (C=O) groups is 2. The lowest BCUT2D eigenvalue weighted by Crippen LogP contribution is -2.11. The van der Waals surface area contributed by atoms with Crippen molar-refractivity contribution in [3.05, 3.63) is 40.9 Å². The highest BCUT2D eigenvalue weighted by molar-refractivity contribution is 7.99. The van der Waals surface area contributed by atoms with E-state index in [4.69, 9.17) is 4.74 Å². The first-order chi connectivity index (χ1) is 11.6. The van der Waals surface area contributed by atoms with Crippen molar-refractivity contribution >= 4 is 40.1 Å². The first kappa shape index (κ1) is 18.5. The standard InChI is InChI=1S/C17H20N2O3S2/c1-3-22-16(21)15-12(2)18-17(24-15)19-14(20)10-7-11-23-13-8-5-4-6-9-13/h4-6,8-9H,3,7,10-11H2,1-2H3,(H,18,19,20).